The quantitative estimate of drug-likeness (QED) is 0.912. The van der Waals surface area contributed by atoms with E-state index >= 15 is 0 Å². The highest BCUT2D eigenvalue weighted by molar-refractivity contribution is 5.36. The largest absolute Gasteiger partial charge is 0.313 e. The first-order valence-electron chi connectivity index (χ1n) is 7.19. The minimum Gasteiger partial charge on any atom is -0.313 e. The number of aryl methyl sites for hydroxylation is 4. The fourth-order valence-corrected chi connectivity index (χ4v) is 2.81. The molecule has 20 heavy (non-hydrogen) atoms. The highest BCUT2D eigenvalue weighted by atomic mass is 14.9. The fraction of sp³-hybridized carbons (Fsp3) is 0.389. The molecule has 0 saturated carbocycles. The molecule has 2 nitrogen and oxygen atoms in total. The summed E-state index contributed by atoms with van der Waals surface area (Å²) in [5, 5.41) is 3.44. The molecule has 0 amide bonds. The second-order valence-electron chi connectivity index (χ2n) is 5.54. The summed E-state index contributed by atoms with van der Waals surface area (Å²) < 4.78 is 0. The van der Waals surface area contributed by atoms with Crippen LogP contribution in [0.3, 0.4) is 0 Å². The number of benzene rings is 1. The third-order valence-corrected chi connectivity index (χ3v) is 4.04. The average Bonchev–Trinajstić information content (AvgIpc) is 2.40. The Bertz CT molecular complexity index is 582. The monoisotopic (exact) mass is 268 g/mol. The number of nitrogens with zero attached hydrogens (tertiary/aromatic N) is 1. The summed E-state index contributed by atoms with van der Waals surface area (Å²) in [4.78, 5) is 4.59. The van der Waals surface area contributed by atoms with Gasteiger partial charge in [0.05, 0.1) is 0 Å². The van der Waals surface area contributed by atoms with Crippen LogP contribution in [0.2, 0.25) is 0 Å². The van der Waals surface area contributed by atoms with Gasteiger partial charge in [0.25, 0.3) is 0 Å². The lowest BCUT2D eigenvalue weighted by molar-refractivity contribution is 0.582. The van der Waals surface area contributed by atoms with Gasteiger partial charge < -0.3 is 5.32 Å². The lowest BCUT2D eigenvalue weighted by Gasteiger charge is -2.21. The molecule has 0 aliphatic rings. The van der Waals surface area contributed by atoms with Crippen molar-refractivity contribution in [1.29, 1.82) is 0 Å². The molecule has 0 saturated heterocycles. The normalized spacial score (nSPS) is 12.4. The molecule has 2 rings (SSSR count). The average molecular weight is 268 g/mol. The molecule has 1 heterocycles. The number of nitrogens with one attached hydrogen (secondary N) is 1. The van der Waals surface area contributed by atoms with Gasteiger partial charge in [0, 0.05) is 17.4 Å². The first kappa shape index (κ1) is 14.7. The van der Waals surface area contributed by atoms with Crippen molar-refractivity contribution >= 4 is 0 Å². The predicted octanol–water partition coefficient (Wildman–Crippen LogP) is 3.82. The van der Waals surface area contributed by atoms with Crippen LogP contribution in [0.15, 0.2) is 30.3 Å². The van der Waals surface area contributed by atoms with Crippen LogP contribution in [-0.4, -0.2) is 12.0 Å². The number of aromatic nitrogens is 1. The van der Waals surface area contributed by atoms with E-state index in [0.29, 0.717) is 6.04 Å². The second kappa shape index (κ2) is 6.19. The molecule has 0 fully saturated rings. The summed E-state index contributed by atoms with van der Waals surface area (Å²) in [5.74, 6) is 0. The number of rotatable bonds is 4. The van der Waals surface area contributed by atoms with Crippen LogP contribution in [0.1, 0.15) is 39.7 Å². The number of hydrogen-bond acceptors (Lipinski definition) is 2. The molecule has 0 aliphatic heterocycles. The van der Waals surface area contributed by atoms with Crippen molar-refractivity contribution in [2.45, 2.75) is 40.2 Å². The highest BCUT2D eigenvalue weighted by Crippen LogP contribution is 2.24. The van der Waals surface area contributed by atoms with Crippen LogP contribution >= 0.6 is 0 Å². The zero-order valence-electron chi connectivity index (χ0n) is 13.1. The molecule has 106 valence electrons. The van der Waals surface area contributed by atoms with Gasteiger partial charge >= 0.3 is 0 Å². The van der Waals surface area contributed by atoms with Crippen molar-refractivity contribution in [2.75, 3.05) is 7.05 Å². The van der Waals surface area contributed by atoms with E-state index < -0.39 is 0 Å². The maximum Gasteiger partial charge on any atom is 0.0423 e. The van der Waals surface area contributed by atoms with Crippen LogP contribution in [0.4, 0.5) is 0 Å². The Hall–Kier alpha value is -1.67. The third kappa shape index (κ3) is 3.07. The minimum atomic E-state index is 0.308. The maximum absolute atomic E-state index is 4.59. The highest BCUT2D eigenvalue weighted by Gasteiger charge is 2.15. The lowest BCUT2D eigenvalue weighted by atomic mass is 9.92. The Morgan fingerprint density at radius 3 is 2.20 bits per heavy atom. The fourth-order valence-electron chi connectivity index (χ4n) is 2.81. The Balaban J connectivity index is 2.34. The molecule has 1 N–H and O–H groups in total. The van der Waals surface area contributed by atoms with Crippen molar-refractivity contribution in [2.24, 2.45) is 0 Å². The second-order valence-corrected chi connectivity index (χ2v) is 5.54. The zero-order chi connectivity index (χ0) is 14.7. The van der Waals surface area contributed by atoms with Crippen molar-refractivity contribution in [3.63, 3.8) is 0 Å². The number of likely N-dealkylation sites (N-methyl/N-ethyl adjacent to an activating group) is 1. The van der Waals surface area contributed by atoms with Crippen molar-refractivity contribution in [3.8, 4) is 0 Å². The molecule has 1 aromatic heterocycles. The van der Waals surface area contributed by atoms with Crippen LogP contribution in [-0.2, 0) is 6.42 Å². The molecular weight excluding hydrogens is 244 g/mol. The Kier molecular flexibility index (Phi) is 4.56. The van der Waals surface area contributed by atoms with Crippen molar-refractivity contribution < 1.29 is 0 Å². The molecule has 1 atom stereocenters. The molecule has 0 radical (unpaired) electrons. The van der Waals surface area contributed by atoms with E-state index in [1.165, 1.54) is 22.3 Å². The summed E-state index contributed by atoms with van der Waals surface area (Å²) >= 11 is 0. The SMILES string of the molecule is CNC(Cc1c(C)cccc1C)c1ccc(C)nc1C. The minimum absolute atomic E-state index is 0.308. The van der Waals surface area contributed by atoms with Gasteiger partial charge in [-0.3, -0.25) is 4.98 Å². The molecule has 0 bridgehead atoms. The van der Waals surface area contributed by atoms with E-state index in [0.717, 1.165) is 17.8 Å². The van der Waals surface area contributed by atoms with E-state index in [1.807, 2.05) is 14.0 Å². The third-order valence-electron chi connectivity index (χ3n) is 4.04. The smallest absolute Gasteiger partial charge is 0.0423 e. The van der Waals surface area contributed by atoms with E-state index in [4.69, 9.17) is 0 Å². The molecule has 1 unspecified atom stereocenters. The summed E-state index contributed by atoms with van der Waals surface area (Å²) in [6, 6.07) is 11.1. The van der Waals surface area contributed by atoms with E-state index in [1.54, 1.807) is 0 Å². The summed E-state index contributed by atoms with van der Waals surface area (Å²) in [7, 11) is 2.03. The van der Waals surface area contributed by atoms with Gasteiger partial charge in [0.15, 0.2) is 0 Å². The summed E-state index contributed by atoms with van der Waals surface area (Å²) in [6.07, 6.45) is 1.00. The molecule has 2 heteroatoms. The summed E-state index contributed by atoms with van der Waals surface area (Å²) in [5.41, 5.74) is 7.65. The molecule has 1 aromatic carbocycles. The topological polar surface area (TPSA) is 24.9 Å². The zero-order valence-corrected chi connectivity index (χ0v) is 13.1. The Labute approximate surface area is 122 Å². The predicted molar refractivity (Wildman–Crippen MR) is 85.1 cm³/mol. The first-order valence-corrected chi connectivity index (χ1v) is 7.19. The molecule has 2 aromatic rings. The van der Waals surface area contributed by atoms with Gasteiger partial charge in [-0.1, -0.05) is 24.3 Å². The van der Waals surface area contributed by atoms with Crippen LogP contribution in [0, 0.1) is 27.7 Å². The first-order chi connectivity index (χ1) is 9.52. The lowest BCUT2D eigenvalue weighted by Crippen LogP contribution is -2.21. The van der Waals surface area contributed by atoms with Crippen LogP contribution in [0.25, 0.3) is 0 Å². The van der Waals surface area contributed by atoms with Crippen molar-refractivity contribution in [1.82, 2.24) is 10.3 Å². The number of pyridine rings is 1. The summed E-state index contributed by atoms with van der Waals surface area (Å²) in [6.45, 7) is 8.51. The van der Waals surface area contributed by atoms with Gasteiger partial charge in [-0.2, -0.15) is 0 Å². The molecular formula is C18H24N2. The Morgan fingerprint density at radius 2 is 1.65 bits per heavy atom. The van der Waals surface area contributed by atoms with Crippen molar-refractivity contribution in [3.05, 3.63) is 64.0 Å². The van der Waals surface area contributed by atoms with Gasteiger partial charge in [0.1, 0.15) is 0 Å². The maximum atomic E-state index is 4.59. The number of hydrogen-bond donors (Lipinski definition) is 1. The van der Waals surface area contributed by atoms with Gasteiger partial charge in [-0.25, -0.2) is 0 Å². The van der Waals surface area contributed by atoms with Crippen LogP contribution < -0.4 is 5.32 Å². The molecule has 0 spiro atoms. The van der Waals surface area contributed by atoms with Gasteiger partial charge in [0.2, 0.25) is 0 Å². The van der Waals surface area contributed by atoms with E-state index in [2.05, 4.69) is 61.4 Å². The van der Waals surface area contributed by atoms with E-state index in [9.17, 15) is 0 Å². The molecule has 0 aliphatic carbocycles. The standard InChI is InChI=1S/C18H24N2/c1-12-7-6-8-13(2)17(12)11-18(19-5)16-10-9-14(3)20-15(16)4/h6-10,18-19H,11H2,1-5H3. The Morgan fingerprint density at radius 1 is 1.00 bits per heavy atom. The van der Waals surface area contributed by atoms with Crippen LogP contribution in [0.5, 0.6) is 0 Å². The van der Waals surface area contributed by atoms with Gasteiger partial charge in [-0.05, 0) is 69.5 Å². The van der Waals surface area contributed by atoms with E-state index in [-0.39, 0.29) is 0 Å². The van der Waals surface area contributed by atoms with Gasteiger partial charge in [-0.15, -0.1) is 0 Å².